The van der Waals surface area contributed by atoms with Crippen molar-refractivity contribution in [2.45, 2.75) is 44.1 Å². The minimum atomic E-state index is -0.663. The fourth-order valence-corrected chi connectivity index (χ4v) is 5.71. The van der Waals surface area contributed by atoms with Crippen molar-refractivity contribution in [3.63, 3.8) is 0 Å². The van der Waals surface area contributed by atoms with Crippen LogP contribution in [0.15, 0.2) is 34.3 Å². The van der Waals surface area contributed by atoms with Crippen LogP contribution in [-0.2, 0) is 14.9 Å². The summed E-state index contributed by atoms with van der Waals surface area (Å²) < 4.78 is 33.5. The first-order chi connectivity index (χ1) is 14.8. The Bertz CT molecular complexity index is 1140. The van der Waals surface area contributed by atoms with Gasteiger partial charge in [-0.15, -0.1) is 5.10 Å². The number of ether oxygens (including phenoxy) is 1. The smallest absolute Gasteiger partial charge is 0.332 e. The zero-order chi connectivity index (χ0) is 22.0. The number of nitrogens with zero attached hydrogens (tertiary/aromatic N) is 4. The second kappa shape index (κ2) is 6.73. The summed E-state index contributed by atoms with van der Waals surface area (Å²) >= 11 is 0. The lowest BCUT2D eigenvalue weighted by Gasteiger charge is -2.38. The van der Waals surface area contributed by atoms with Gasteiger partial charge in [0.25, 0.3) is 0 Å². The highest BCUT2D eigenvalue weighted by Crippen LogP contribution is 2.67. The van der Waals surface area contributed by atoms with Crippen molar-refractivity contribution in [2.75, 3.05) is 13.7 Å². The molecule has 5 rings (SSSR count). The Labute approximate surface area is 178 Å². The number of rotatable bonds is 3. The van der Waals surface area contributed by atoms with Gasteiger partial charge in [-0.1, -0.05) is 19.9 Å². The second-order valence-corrected chi connectivity index (χ2v) is 8.89. The predicted octanol–water partition coefficient (Wildman–Crippen LogP) is 3.64. The lowest BCUT2D eigenvalue weighted by atomic mass is 9.65. The highest BCUT2D eigenvalue weighted by atomic mass is 19.1. The molecule has 0 saturated heterocycles. The first-order valence-electron chi connectivity index (χ1n) is 10.3. The second-order valence-electron chi connectivity index (χ2n) is 8.89. The average molecular weight is 424 g/mol. The Morgan fingerprint density at radius 1 is 1.19 bits per heavy atom. The molecule has 0 amide bonds. The fourth-order valence-electron chi connectivity index (χ4n) is 5.71. The molecule has 1 aliphatic heterocycles. The van der Waals surface area contributed by atoms with Crippen LogP contribution in [0.3, 0.4) is 0 Å². The summed E-state index contributed by atoms with van der Waals surface area (Å²) in [6.45, 7) is 4.55. The summed E-state index contributed by atoms with van der Waals surface area (Å²) in [7, 11) is 1.33. The van der Waals surface area contributed by atoms with E-state index in [1.165, 1.54) is 25.3 Å². The molecule has 3 aliphatic rings. The normalized spacial score (nSPS) is 27.7. The molecule has 2 bridgehead atoms. The van der Waals surface area contributed by atoms with Gasteiger partial charge in [-0.25, -0.2) is 13.6 Å². The standard InChI is InChI=1S/C23H22F2N4O2/c1-22(2)13-7-8-23(22,18-11-26-17(10-27-18)21(30)31-3)20-12(13)9-16(28-29-20)19-14(24)5-4-6-15(19)25/h4-6,9,11,13,17H,7-8,10H2,1-3H3/t13-,17?,23-/m0/s1. The Morgan fingerprint density at radius 2 is 1.94 bits per heavy atom. The van der Waals surface area contributed by atoms with Crippen molar-refractivity contribution in [1.82, 2.24) is 10.2 Å². The van der Waals surface area contributed by atoms with Gasteiger partial charge in [0.15, 0.2) is 6.04 Å². The van der Waals surface area contributed by atoms with Crippen LogP contribution >= 0.6 is 0 Å². The maximum atomic E-state index is 14.3. The van der Waals surface area contributed by atoms with E-state index in [1.807, 2.05) is 0 Å². The van der Waals surface area contributed by atoms with Gasteiger partial charge in [0.2, 0.25) is 0 Å². The predicted molar refractivity (Wildman–Crippen MR) is 111 cm³/mol. The quantitative estimate of drug-likeness (QED) is 0.705. The highest BCUT2D eigenvalue weighted by molar-refractivity contribution is 6.36. The number of methoxy groups -OCH3 is 1. The Hall–Kier alpha value is -3.03. The molecule has 1 unspecified atom stereocenters. The lowest BCUT2D eigenvalue weighted by Crippen LogP contribution is -2.46. The number of aliphatic imine (C=N–C) groups is 2. The molecule has 1 aromatic carbocycles. The molecule has 2 aliphatic carbocycles. The van der Waals surface area contributed by atoms with E-state index in [1.54, 1.807) is 12.3 Å². The van der Waals surface area contributed by atoms with Crippen LogP contribution in [0.5, 0.6) is 0 Å². The minimum absolute atomic E-state index is 0.154. The third kappa shape index (κ3) is 2.56. The van der Waals surface area contributed by atoms with E-state index in [9.17, 15) is 13.6 Å². The summed E-state index contributed by atoms with van der Waals surface area (Å²) in [5.41, 5.74) is 1.81. The number of carbonyl (C=O) groups excluding carboxylic acids is 1. The largest absolute Gasteiger partial charge is 0.467 e. The summed E-state index contributed by atoms with van der Waals surface area (Å²) in [6, 6.07) is 4.90. The van der Waals surface area contributed by atoms with Crippen molar-refractivity contribution in [3.05, 3.63) is 47.2 Å². The number of fused-ring (bicyclic) bond motifs is 5. The molecule has 0 N–H and O–H groups in total. The molecule has 3 atom stereocenters. The molecule has 0 spiro atoms. The van der Waals surface area contributed by atoms with Crippen molar-refractivity contribution in [1.29, 1.82) is 0 Å². The molecule has 6 nitrogen and oxygen atoms in total. The van der Waals surface area contributed by atoms with Crippen LogP contribution in [0.1, 0.15) is 43.9 Å². The summed E-state index contributed by atoms with van der Waals surface area (Å²) in [5, 5.41) is 8.72. The number of carbonyl (C=O) groups is 1. The van der Waals surface area contributed by atoms with E-state index < -0.39 is 29.1 Å². The van der Waals surface area contributed by atoms with Crippen LogP contribution in [-0.4, -0.2) is 47.8 Å². The summed E-state index contributed by atoms with van der Waals surface area (Å²) in [6.07, 6.45) is 3.39. The Balaban J connectivity index is 1.61. The van der Waals surface area contributed by atoms with Gasteiger partial charge in [0.1, 0.15) is 11.6 Å². The number of esters is 1. The summed E-state index contributed by atoms with van der Waals surface area (Å²) in [4.78, 5) is 20.9. The van der Waals surface area contributed by atoms with Crippen LogP contribution < -0.4 is 0 Å². The number of benzene rings is 1. The van der Waals surface area contributed by atoms with E-state index in [2.05, 4.69) is 29.0 Å². The van der Waals surface area contributed by atoms with E-state index in [0.29, 0.717) is 0 Å². The first-order valence-corrected chi connectivity index (χ1v) is 10.3. The molecule has 8 heteroatoms. The molecule has 1 aromatic heterocycles. The van der Waals surface area contributed by atoms with Gasteiger partial charge in [-0.05, 0) is 47.9 Å². The highest BCUT2D eigenvalue weighted by Gasteiger charge is 2.65. The van der Waals surface area contributed by atoms with Crippen LogP contribution in [0.2, 0.25) is 0 Å². The van der Waals surface area contributed by atoms with Crippen molar-refractivity contribution >= 4 is 17.9 Å². The molecular formula is C23H22F2N4O2. The van der Waals surface area contributed by atoms with Gasteiger partial charge in [-0.2, -0.15) is 5.10 Å². The molecule has 31 heavy (non-hydrogen) atoms. The number of aromatic nitrogens is 2. The maximum absolute atomic E-state index is 14.3. The average Bonchev–Trinajstić information content (AvgIpc) is 3.14. The zero-order valence-corrected chi connectivity index (χ0v) is 17.5. The molecule has 1 fully saturated rings. The fraction of sp³-hybridized carbons (Fsp3) is 0.435. The van der Waals surface area contributed by atoms with E-state index in [4.69, 9.17) is 9.73 Å². The topological polar surface area (TPSA) is 76.8 Å². The van der Waals surface area contributed by atoms with Crippen LogP contribution in [0, 0.1) is 17.0 Å². The van der Waals surface area contributed by atoms with Gasteiger partial charge in [0.05, 0.1) is 41.7 Å². The lowest BCUT2D eigenvalue weighted by molar-refractivity contribution is -0.141. The Morgan fingerprint density at radius 3 is 2.58 bits per heavy atom. The van der Waals surface area contributed by atoms with Crippen LogP contribution in [0.4, 0.5) is 8.78 Å². The van der Waals surface area contributed by atoms with E-state index >= 15 is 0 Å². The number of hydrogen-bond donors (Lipinski definition) is 0. The molecule has 2 aromatic rings. The first kappa shape index (κ1) is 19.9. The maximum Gasteiger partial charge on any atom is 0.332 e. The van der Waals surface area contributed by atoms with Crippen molar-refractivity contribution in [3.8, 4) is 11.3 Å². The van der Waals surface area contributed by atoms with E-state index in [0.717, 1.165) is 29.8 Å². The Kier molecular flexibility index (Phi) is 4.32. The molecule has 160 valence electrons. The van der Waals surface area contributed by atoms with Gasteiger partial charge < -0.3 is 4.74 Å². The van der Waals surface area contributed by atoms with Gasteiger partial charge >= 0.3 is 5.97 Å². The minimum Gasteiger partial charge on any atom is -0.467 e. The molecule has 1 saturated carbocycles. The SMILES string of the molecule is COC(=O)C1CN=C([C@@]23CC[C@@H](c4cc(-c5c(F)cccc5F)nnc42)C3(C)C)C=N1. The third-order valence-corrected chi connectivity index (χ3v) is 7.32. The van der Waals surface area contributed by atoms with Crippen molar-refractivity contribution in [2.24, 2.45) is 15.4 Å². The van der Waals surface area contributed by atoms with Gasteiger partial charge in [0, 0.05) is 6.21 Å². The monoisotopic (exact) mass is 424 g/mol. The van der Waals surface area contributed by atoms with E-state index in [-0.39, 0.29) is 29.1 Å². The van der Waals surface area contributed by atoms with Crippen LogP contribution in [0.25, 0.3) is 11.3 Å². The summed E-state index contributed by atoms with van der Waals surface area (Å²) in [5.74, 6) is -1.59. The zero-order valence-electron chi connectivity index (χ0n) is 17.5. The van der Waals surface area contributed by atoms with Crippen molar-refractivity contribution < 1.29 is 18.3 Å². The van der Waals surface area contributed by atoms with Gasteiger partial charge in [-0.3, -0.25) is 9.98 Å². The molecule has 0 radical (unpaired) electrons. The molecular weight excluding hydrogens is 402 g/mol. The number of hydrogen-bond acceptors (Lipinski definition) is 6. The molecule has 2 heterocycles. The number of halogens is 2. The third-order valence-electron chi connectivity index (χ3n) is 7.32.